The predicted octanol–water partition coefficient (Wildman–Crippen LogP) is 4.75. The van der Waals surface area contributed by atoms with Crippen molar-refractivity contribution in [1.29, 1.82) is 0 Å². The van der Waals surface area contributed by atoms with Gasteiger partial charge >= 0.3 is 0 Å². The first kappa shape index (κ1) is 15.4. The second-order valence-electron chi connectivity index (χ2n) is 5.78. The lowest BCUT2D eigenvalue weighted by molar-refractivity contribution is 0.0746. The molecular formula is C18H16ClN3OS. The van der Waals surface area contributed by atoms with Gasteiger partial charge < -0.3 is 4.90 Å². The number of benzene rings is 1. The Hall–Kier alpha value is -2.11. The molecule has 0 saturated carbocycles. The maximum absolute atomic E-state index is 12.8. The average molecular weight is 358 g/mol. The van der Waals surface area contributed by atoms with Gasteiger partial charge in [-0.3, -0.25) is 9.89 Å². The summed E-state index contributed by atoms with van der Waals surface area (Å²) in [7, 11) is 0. The Morgan fingerprint density at radius 1 is 1.29 bits per heavy atom. The van der Waals surface area contributed by atoms with Gasteiger partial charge in [-0.2, -0.15) is 5.10 Å². The third kappa shape index (κ3) is 2.36. The zero-order chi connectivity index (χ0) is 16.7. The van der Waals surface area contributed by atoms with Gasteiger partial charge in [0.1, 0.15) is 5.69 Å². The van der Waals surface area contributed by atoms with E-state index in [0.717, 1.165) is 34.7 Å². The summed E-state index contributed by atoms with van der Waals surface area (Å²) < 4.78 is 0. The molecule has 0 aliphatic carbocycles. The van der Waals surface area contributed by atoms with E-state index in [1.807, 2.05) is 40.6 Å². The number of nitrogens with one attached hydrogen (secondary N) is 1. The number of fused-ring (bicyclic) bond motifs is 1. The highest BCUT2D eigenvalue weighted by Crippen LogP contribution is 2.44. The monoisotopic (exact) mass is 357 g/mol. The largest absolute Gasteiger partial charge is 0.325 e. The van der Waals surface area contributed by atoms with Crippen LogP contribution in [-0.2, 0) is 0 Å². The van der Waals surface area contributed by atoms with Gasteiger partial charge in [-0.25, -0.2) is 0 Å². The molecule has 1 amide bonds. The molecule has 0 saturated heterocycles. The van der Waals surface area contributed by atoms with Gasteiger partial charge in [0.25, 0.3) is 5.91 Å². The second-order valence-corrected chi connectivity index (χ2v) is 7.20. The second kappa shape index (κ2) is 6.07. The number of carbonyl (C=O) groups is 1. The molecule has 1 aliphatic heterocycles. The van der Waals surface area contributed by atoms with Crippen LogP contribution in [0.25, 0.3) is 11.3 Å². The van der Waals surface area contributed by atoms with E-state index >= 15 is 0 Å². The Kier molecular flexibility index (Phi) is 3.90. The summed E-state index contributed by atoms with van der Waals surface area (Å²) in [5, 5.41) is 10.1. The van der Waals surface area contributed by atoms with Crippen molar-refractivity contribution >= 4 is 28.8 Å². The van der Waals surface area contributed by atoms with Crippen LogP contribution in [0.4, 0.5) is 0 Å². The van der Waals surface area contributed by atoms with E-state index in [0.29, 0.717) is 10.7 Å². The highest BCUT2D eigenvalue weighted by atomic mass is 35.5. The van der Waals surface area contributed by atoms with Crippen LogP contribution in [-0.4, -0.2) is 27.5 Å². The molecule has 3 aromatic rings. The Morgan fingerprint density at radius 2 is 2.08 bits per heavy atom. The molecule has 6 heteroatoms. The molecule has 1 aromatic carbocycles. The summed E-state index contributed by atoms with van der Waals surface area (Å²) in [6, 6.07) is 11.6. The molecule has 1 N–H and O–H groups in total. The Morgan fingerprint density at radius 3 is 2.75 bits per heavy atom. The van der Waals surface area contributed by atoms with Crippen molar-refractivity contribution in [1.82, 2.24) is 15.1 Å². The molecule has 122 valence electrons. The summed E-state index contributed by atoms with van der Waals surface area (Å²) in [6.07, 6.45) is 0.918. The van der Waals surface area contributed by atoms with Gasteiger partial charge in [0.05, 0.1) is 11.7 Å². The van der Waals surface area contributed by atoms with Crippen LogP contribution in [0, 0.1) is 0 Å². The number of hydrogen-bond donors (Lipinski definition) is 1. The zero-order valence-electron chi connectivity index (χ0n) is 13.1. The van der Waals surface area contributed by atoms with Crippen LogP contribution in [0.3, 0.4) is 0 Å². The van der Waals surface area contributed by atoms with Gasteiger partial charge in [-0.05, 0) is 30.0 Å². The standard InChI is InChI=1S/C18H16ClN3OS/c1-2-9-22-17(13-4-3-10-24-13)14-15(20-21-16(14)18(22)23)11-5-7-12(19)8-6-11/h3-8,10,17H,2,9H2,1H3,(H,20,21)/t17-/m0/s1. The van der Waals surface area contributed by atoms with Crippen LogP contribution in [0.15, 0.2) is 41.8 Å². The number of aromatic nitrogens is 2. The molecule has 3 heterocycles. The van der Waals surface area contributed by atoms with Crippen molar-refractivity contribution < 1.29 is 4.79 Å². The number of amides is 1. The summed E-state index contributed by atoms with van der Waals surface area (Å²) in [4.78, 5) is 15.9. The highest BCUT2D eigenvalue weighted by Gasteiger charge is 2.42. The number of carbonyl (C=O) groups excluding carboxylic acids is 1. The maximum Gasteiger partial charge on any atom is 0.273 e. The smallest absolute Gasteiger partial charge is 0.273 e. The van der Waals surface area contributed by atoms with Gasteiger partial charge in [0.2, 0.25) is 0 Å². The number of nitrogens with zero attached hydrogens (tertiary/aromatic N) is 2. The van der Waals surface area contributed by atoms with E-state index in [2.05, 4.69) is 23.2 Å². The molecule has 1 aliphatic rings. The van der Waals surface area contributed by atoms with E-state index in [1.165, 1.54) is 0 Å². The lowest BCUT2D eigenvalue weighted by Crippen LogP contribution is -2.29. The SMILES string of the molecule is CCCN1C(=O)c2[nH]nc(-c3ccc(Cl)cc3)c2[C@@H]1c1cccs1. The minimum atomic E-state index is -0.0723. The van der Waals surface area contributed by atoms with Crippen molar-refractivity contribution in [3.05, 3.63) is 62.9 Å². The van der Waals surface area contributed by atoms with Crippen LogP contribution >= 0.6 is 22.9 Å². The number of aromatic amines is 1. The molecule has 2 aromatic heterocycles. The van der Waals surface area contributed by atoms with E-state index < -0.39 is 0 Å². The molecule has 1 atom stereocenters. The van der Waals surface area contributed by atoms with Gasteiger partial charge in [-0.1, -0.05) is 36.7 Å². The van der Waals surface area contributed by atoms with Crippen LogP contribution in [0.2, 0.25) is 5.02 Å². The lowest BCUT2D eigenvalue weighted by atomic mass is 10.0. The predicted molar refractivity (Wildman–Crippen MR) is 96.5 cm³/mol. The van der Waals surface area contributed by atoms with Crippen molar-refractivity contribution in [2.45, 2.75) is 19.4 Å². The van der Waals surface area contributed by atoms with Gasteiger partial charge in [0, 0.05) is 27.6 Å². The molecule has 0 radical (unpaired) electrons. The summed E-state index contributed by atoms with van der Waals surface area (Å²) in [5.41, 5.74) is 3.36. The topological polar surface area (TPSA) is 49.0 Å². The fourth-order valence-electron chi connectivity index (χ4n) is 3.24. The summed E-state index contributed by atoms with van der Waals surface area (Å²) >= 11 is 7.67. The first-order valence-corrected chi connectivity index (χ1v) is 9.15. The third-order valence-electron chi connectivity index (χ3n) is 4.26. The van der Waals surface area contributed by atoms with Crippen LogP contribution in [0.5, 0.6) is 0 Å². The third-order valence-corrected chi connectivity index (χ3v) is 5.44. The zero-order valence-corrected chi connectivity index (χ0v) is 14.7. The molecular weight excluding hydrogens is 342 g/mol. The van der Waals surface area contributed by atoms with Crippen molar-refractivity contribution in [2.75, 3.05) is 6.54 Å². The molecule has 24 heavy (non-hydrogen) atoms. The normalized spacial score (nSPS) is 16.7. The molecule has 4 nitrogen and oxygen atoms in total. The van der Waals surface area contributed by atoms with Crippen LogP contribution in [0.1, 0.15) is 40.3 Å². The maximum atomic E-state index is 12.8. The molecule has 0 unspecified atom stereocenters. The number of thiophene rings is 1. The summed E-state index contributed by atoms with van der Waals surface area (Å²) in [5.74, 6) is 0.0259. The quantitative estimate of drug-likeness (QED) is 0.732. The van der Waals surface area contributed by atoms with E-state index in [-0.39, 0.29) is 11.9 Å². The van der Waals surface area contributed by atoms with Crippen molar-refractivity contribution in [3.63, 3.8) is 0 Å². The van der Waals surface area contributed by atoms with E-state index in [1.54, 1.807) is 11.3 Å². The Balaban J connectivity index is 1.87. The average Bonchev–Trinajstić information content (AvgIpc) is 3.29. The first-order valence-electron chi connectivity index (χ1n) is 7.89. The van der Waals surface area contributed by atoms with E-state index in [9.17, 15) is 4.79 Å². The molecule has 0 bridgehead atoms. The summed E-state index contributed by atoms with van der Waals surface area (Å²) in [6.45, 7) is 2.81. The Bertz CT molecular complexity index is 870. The number of halogens is 1. The number of hydrogen-bond acceptors (Lipinski definition) is 3. The van der Waals surface area contributed by atoms with Gasteiger partial charge in [-0.15, -0.1) is 11.3 Å². The minimum Gasteiger partial charge on any atom is -0.325 e. The fraction of sp³-hybridized carbons (Fsp3) is 0.222. The molecule has 0 fully saturated rings. The van der Waals surface area contributed by atoms with Gasteiger partial charge in [0.15, 0.2) is 0 Å². The minimum absolute atomic E-state index is 0.0259. The highest BCUT2D eigenvalue weighted by molar-refractivity contribution is 7.10. The lowest BCUT2D eigenvalue weighted by Gasteiger charge is -2.24. The molecule has 0 spiro atoms. The number of H-pyrrole nitrogens is 1. The Labute approximate surface area is 149 Å². The first-order chi connectivity index (χ1) is 11.7. The van der Waals surface area contributed by atoms with Crippen LogP contribution < -0.4 is 0 Å². The van der Waals surface area contributed by atoms with Crippen molar-refractivity contribution in [3.8, 4) is 11.3 Å². The number of rotatable bonds is 4. The van der Waals surface area contributed by atoms with Crippen molar-refractivity contribution in [2.24, 2.45) is 0 Å². The molecule has 4 rings (SSSR count). The fourth-order valence-corrected chi connectivity index (χ4v) is 4.21. The van der Waals surface area contributed by atoms with E-state index in [4.69, 9.17) is 11.6 Å².